The van der Waals surface area contributed by atoms with E-state index in [1.807, 2.05) is 0 Å². The lowest BCUT2D eigenvalue weighted by molar-refractivity contribution is -0.147. The third-order valence-electron chi connectivity index (χ3n) is 4.68. The van der Waals surface area contributed by atoms with E-state index in [1.165, 1.54) is 25.2 Å². The Morgan fingerprint density at radius 1 is 1.07 bits per heavy atom. The Morgan fingerprint density at radius 3 is 2.40 bits per heavy atom. The third kappa shape index (κ3) is 4.36. The molecule has 0 unspecified atom stereocenters. The van der Waals surface area contributed by atoms with E-state index in [1.54, 1.807) is 38.1 Å². The summed E-state index contributed by atoms with van der Waals surface area (Å²) in [5.41, 5.74) is 1.19. The summed E-state index contributed by atoms with van der Waals surface area (Å²) in [6.07, 6.45) is -0.406. The molecule has 8 heteroatoms. The van der Waals surface area contributed by atoms with Gasteiger partial charge in [0.25, 0.3) is 17.7 Å². The topological polar surface area (TPSA) is 92.8 Å². The fourth-order valence-electron chi connectivity index (χ4n) is 3.22. The zero-order valence-corrected chi connectivity index (χ0v) is 17.5. The maximum Gasteiger partial charge on any atom is 0.308 e. The van der Waals surface area contributed by atoms with Crippen LogP contribution in [0.5, 0.6) is 0 Å². The summed E-state index contributed by atoms with van der Waals surface area (Å²) in [6.45, 7) is 3.47. The van der Waals surface area contributed by atoms with Gasteiger partial charge in [-0.3, -0.25) is 24.1 Å². The Kier molecular flexibility index (Phi) is 6.22. The first kappa shape index (κ1) is 21.5. The number of fused-ring (bicyclic) bond motifs is 1. The van der Waals surface area contributed by atoms with Crippen molar-refractivity contribution in [2.45, 2.75) is 32.4 Å². The number of esters is 1. The van der Waals surface area contributed by atoms with Gasteiger partial charge in [0.05, 0.1) is 29.7 Å². The highest BCUT2D eigenvalue weighted by molar-refractivity contribution is 6.31. The fourth-order valence-corrected chi connectivity index (χ4v) is 3.49. The van der Waals surface area contributed by atoms with Crippen LogP contribution >= 0.6 is 11.6 Å². The van der Waals surface area contributed by atoms with Crippen LogP contribution in [0.15, 0.2) is 42.5 Å². The Balaban J connectivity index is 1.87. The summed E-state index contributed by atoms with van der Waals surface area (Å²) >= 11 is 6.27. The molecule has 7 nitrogen and oxygen atoms in total. The van der Waals surface area contributed by atoms with Crippen LogP contribution in [-0.4, -0.2) is 41.7 Å². The highest BCUT2D eigenvalue weighted by atomic mass is 35.5. The largest absolute Gasteiger partial charge is 0.463 e. The first-order chi connectivity index (χ1) is 14.2. The maximum absolute atomic E-state index is 12.9. The summed E-state index contributed by atoms with van der Waals surface area (Å²) in [5.74, 6) is -1.86. The molecule has 0 aromatic heterocycles. The highest BCUT2D eigenvalue weighted by Gasteiger charge is 2.33. The summed E-state index contributed by atoms with van der Waals surface area (Å²) in [6, 6.07) is 10.4. The van der Waals surface area contributed by atoms with Crippen molar-refractivity contribution in [1.29, 1.82) is 0 Å². The number of rotatable bonds is 6. The van der Waals surface area contributed by atoms with Gasteiger partial charge in [0.15, 0.2) is 0 Å². The molecule has 1 aliphatic rings. The summed E-state index contributed by atoms with van der Waals surface area (Å²) in [7, 11) is 1.39. The molecule has 0 bridgehead atoms. The van der Waals surface area contributed by atoms with Crippen LogP contribution in [0.3, 0.4) is 0 Å². The van der Waals surface area contributed by atoms with E-state index in [0.29, 0.717) is 10.6 Å². The van der Waals surface area contributed by atoms with Crippen LogP contribution in [-0.2, 0) is 9.53 Å². The van der Waals surface area contributed by atoms with E-state index < -0.39 is 29.7 Å². The van der Waals surface area contributed by atoms with Gasteiger partial charge >= 0.3 is 5.97 Å². The molecular formula is C22H21ClN2O5. The highest BCUT2D eigenvalue weighted by Crippen LogP contribution is 2.27. The zero-order chi connectivity index (χ0) is 22.0. The fraction of sp³-hybridized carbons (Fsp3) is 0.273. The average molecular weight is 429 g/mol. The van der Waals surface area contributed by atoms with Crippen LogP contribution in [0.1, 0.15) is 62.9 Å². The molecule has 3 amide bonds. The number of carbonyl (C=O) groups is 4. The molecule has 0 saturated carbocycles. The van der Waals surface area contributed by atoms with E-state index in [0.717, 1.165) is 4.90 Å². The summed E-state index contributed by atoms with van der Waals surface area (Å²) < 4.78 is 5.21. The summed E-state index contributed by atoms with van der Waals surface area (Å²) in [5, 5.41) is 3.19. The molecular weight excluding hydrogens is 408 g/mol. The molecule has 0 radical (unpaired) electrons. The lowest BCUT2D eigenvalue weighted by Crippen LogP contribution is -2.31. The Labute approximate surface area is 179 Å². The first-order valence-electron chi connectivity index (χ1n) is 9.40. The second-order valence-electron chi connectivity index (χ2n) is 7.22. The molecule has 1 atom stereocenters. The van der Waals surface area contributed by atoms with E-state index in [9.17, 15) is 19.2 Å². The van der Waals surface area contributed by atoms with Crippen molar-refractivity contribution < 1.29 is 23.9 Å². The van der Waals surface area contributed by atoms with Gasteiger partial charge in [0.2, 0.25) is 0 Å². The number of amides is 3. The summed E-state index contributed by atoms with van der Waals surface area (Å²) in [4.78, 5) is 50.4. The van der Waals surface area contributed by atoms with Gasteiger partial charge in [-0.25, -0.2) is 0 Å². The maximum atomic E-state index is 12.9. The van der Waals surface area contributed by atoms with Crippen LogP contribution < -0.4 is 5.32 Å². The van der Waals surface area contributed by atoms with E-state index in [4.69, 9.17) is 16.3 Å². The number of carbonyl (C=O) groups excluding carboxylic acids is 4. The predicted molar refractivity (Wildman–Crippen MR) is 110 cm³/mol. The molecule has 2 aromatic rings. The molecule has 1 heterocycles. The van der Waals surface area contributed by atoms with Crippen molar-refractivity contribution >= 4 is 35.3 Å². The van der Waals surface area contributed by atoms with Crippen molar-refractivity contribution in [3.05, 3.63) is 69.7 Å². The SMILES string of the molecule is CC(C)OC(=O)C[C@H](NC(=O)c1ccc2c(c1)C(=O)N(C)C2=O)c1ccccc1Cl. The molecule has 0 spiro atoms. The Morgan fingerprint density at radius 2 is 1.73 bits per heavy atom. The van der Waals surface area contributed by atoms with E-state index in [2.05, 4.69) is 5.32 Å². The number of halogens is 1. The van der Waals surface area contributed by atoms with Crippen molar-refractivity contribution in [2.75, 3.05) is 7.05 Å². The van der Waals surface area contributed by atoms with E-state index in [-0.39, 0.29) is 29.2 Å². The van der Waals surface area contributed by atoms with Crippen molar-refractivity contribution in [3.8, 4) is 0 Å². The predicted octanol–water partition coefficient (Wildman–Crippen LogP) is 3.38. The molecule has 0 aliphatic carbocycles. The van der Waals surface area contributed by atoms with Crippen molar-refractivity contribution in [2.24, 2.45) is 0 Å². The number of benzene rings is 2. The van der Waals surface area contributed by atoms with Gasteiger partial charge in [0.1, 0.15) is 0 Å². The zero-order valence-electron chi connectivity index (χ0n) is 16.8. The van der Waals surface area contributed by atoms with Gasteiger partial charge in [-0.1, -0.05) is 29.8 Å². The third-order valence-corrected chi connectivity index (χ3v) is 5.02. The number of nitrogens with zero attached hydrogens (tertiary/aromatic N) is 1. The minimum absolute atomic E-state index is 0.112. The van der Waals surface area contributed by atoms with Crippen molar-refractivity contribution in [1.82, 2.24) is 10.2 Å². The quantitative estimate of drug-likeness (QED) is 0.562. The second-order valence-corrected chi connectivity index (χ2v) is 7.63. The number of imide groups is 1. The molecule has 0 saturated heterocycles. The van der Waals surface area contributed by atoms with Gasteiger partial charge in [-0.2, -0.15) is 0 Å². The number of nitrogens with one attached hydrogen (secondary N) is 1. The second kappa shape index (κ2) is 8.67. The van der Waals surface area contributed by atoms with E-state index >= 15 is 0 Å². The lowest BCUT2D eigenvalue weighted by Gasteiger charge is -2.20. The molecule has 0 fully saturated rings. The minimum atomic E-state index is -0.731. The normalized spacial score (nSPS) is 14.0. The monoisotopic (exact) mass is 428 g/mol. The van der Waals surface area contributed by atoms with Gasteiger partial charge in [0, 0.05) is 17.6 Å². The van der Waals surface area contributed by atoms with Gasteiger partial charge < -0.3 is 10.1 Å². The molecule has 2 aromatic carbocycles. The van der Waals surface area contributed by atoms with Gasteiger partial charge in [-0.05, 0) is 43.7 Å². The molecule has 156 valence electrons. The molecule has 1 N–H and O–H groups in total. The average Bonchev–Trinajstić information content (AvgIpc) is 2.91. The first-order valence-corrected chi connectivity index (χ1v) is 9.78. The number of hydrogen-bond acceptors (Lipinski definition) is 5. The standard InChI is InChI=1S/C22H21ClN2O5/c1-12(2)30-19(26)11-18(15-6-4-5-7-17(15)23)24-20(27)13-8-9-14-16(10-13)22(29)25(3)21(14)28/h4-10,12,18H,11H2,1-3H3,(H,24,27)/t18-/m0/s1. The van der Waals surface area contributed by atoms with Crippen LogP contribution in [0.2, 0.25) is 5.02 Å². The van der Waals surface area contributed by atoms with Crippen LogP contribution in [0.4, 0.5) is 0 Å². The van der Waals surface area contributed by atoms with Crippen LogP contribution in [0.25, 0.3) is 0 Å². The molecule has 30 heavy (non-hydrogen) atoms. The Hall–Kier alpha value is -3.19. The smallest absolute Gasteiger partial charge is 0.308 e. The Bertz CT molecular complexity index is 1030. The molecule has 1 aliphatic heterocycles. The van der Waals surface area contributed by atoms with Gasteiger partial charge in [-0.15, -0.1) is 0 Å². The van der Waals surface area contributed by atoms with Crippen molar-refractivity contribution in [3.63, 3.8) is 0 Å². The van der Waals surface area contributed by atoms with Crippen LogP contribution in [0, 0.1) is 0 Å². The number of hydrogen-bond donors (Lipinski definition) is 1. The lowest BCUT2D eigenvalue weighted by atomic mass is 10.0. The number of ether oxygens (including phenoxy) is 1. The minimum Gasteiger partial charge on any atom is -0.463 e. The molecule has 3 rings (SSSR count).